The molecule has 30 heavy (non-hydrogen) atoms. The number of nitriles is 1. The molecule has 0 unspecified atom stereocenters. The molecule has 0 aliphatic heterocycles. The van der Waals surface area contributed by atoms with Crippen LogP contribution in [0, 0.1) is 21.4 Å². The predicted molar refractivity (Wildman–Crippen MR) is 114 cm³/mol. The largest absolute Gasteiger partial charge is 0.330 e. The van der Waals surface area contributed by atoms with Gasteiger partial charge in [-0.05, 0) is 29.3 Å². The summed E-state index contributed by atoms with van der Waals surface area (Å²) in [6, 6.07) is 24.8. The van der Waals surface area contributed by atoms with Crippen molar-refractivity contribution in [2.24, 2.45) is 0 Å². The first-order valence-corrected chi connectivity index (χ1v) is 9.30. The van der Waals surface area contributed by atoms with Gasteiger partial charge in [-0.3, -0.25) is 14.9 Å². The van der Waals surface area contributed by atoms with Crippen molar-refractivity contribution in [2.75, 3.05) is 0 Å². The number of nitro benzene ring substituents is 1. The van der Waals surface area contributed by atoms with E-state index in [1.54, 1.807) is 53.4 Å². The van der Waals surface area contributed by atoms with Crippen molar-refractivity contribution < 1.29 is 9.72 Å². The minimum absolute atomic E-state index is 0.0144. The maximum absolute atomic E-state index is 12.9. The molecule has 6 nitrogen and oxygen atoms in total. The summed E-state index contributed by atoms with van der Waals surface area (Å²) in [5.41, 5.74) is 2.71. The highest BCUT2D eigenvalue weighted by atomic mass is 16.6. The lowest BCUT2D eigenvalue weighted by molar-refractivity contribution is -0.385. The number of nitro groups is 1. The Morgan fingerprint density at radius 2 is 1.63 bits per heavy atom. The van der Waals surface area contributed by atoms with Gasteiger partial charge in [0, 0.05) is 24.3 Å². The Balaban J connectivity index is 1.85. The molecule has 0 spiro atoms. The van der Waals surface area contributed by atoms with Crippen LogP contribution in [-0.2, 0) is 17.9 Å². The van der Waals surface area contributed by atoms with Crippen molar-refractivity contribution in [3.05, 3.63) is 117 Å². The molecule has 0 fully saturated rings. The zero-order valence-corrected chi connectivity index (χ0v) is 16.1. The van der Waals surface area contributed by atoms with Gasteiger partial charge in [-0.2, -0.15) is 5.26 Å². The molecule has 0 bridgehead atoms. The highest BCUT2D eigenvalue weighted by Crippen LogP contribution is 2.21. The number of benzene rings is 3. The van der Waals surface area contributed by atoms with E-state index in [9.17, 15) is 14.9 Å². The lowest BCUT2D eigenvalue weighted by atomic mass is 10.1. The molecular formula is C24H19N3O3. The van der Waals surface area contributed by atoms with E-state index >= 15 is 0 Å². The zero-order chi connectivity index (χ0) is 21.3. The fraction of sp³-hybridized carbons (Fsp3) is 0.0833. The quantitative estimate of drug-likeness (QED) is 0.328. The molecule has 0 N–H and O–H groups in total. The molecule has 1 amide bonds. The molecule has 0 heterocycles. The number of hydrogen-bond acceptors (Lipinski definition) is 4. The van der Waals surface area contributed by atoms with Crippen LogP contribution in [0.2, 0.25) is 0 Å². The number of carbonyl (C=O) groups excluding carboxylic acids is 1. The molecule has 3 aromatic carbocycles. The number of para-hydroxylation sites is 1. The Hall–Kier alpha value is -4.24. The van der Waals surface area contributed by atoms with Crippen molar-refractivity contribution in [1.82, 2.24) is 4.90 Å². The maximum Gasteiger partial charge on any atom is 0.274 e. The lowest BCUT2D eigenvalue weighted by Gasteiger charge is -2.21. The Kier molecular flexibility index (Phi) is 6.70. The summed E-state index contributed by atoms with van der Waals surface area (Å²) in [5.74, 6) is -0.263. The van der Waals surface area contributed by atoms with Gasteiger partial charge >= 0.3 is 0 Å². The maximum atomic E-state index is 12.9. The first-order chi connectivity index (χ1) is 14.6. The van der Waals surface area contributed by atoms with Gasteiger partial charge in [0.05, 0.1) is 23.1 Å². The molecule has 0 saturated heterocycles. The topological polar surface area (TPSA) is 87.2 Å². The molecule has 0 aliphatic carbocycles. The van der Waals surface area contributed by atoms with Gasteiger partial charge in [0.1, 0.15) is 0 Å². The minimum Gasteiger partial charge on any atom is -0.330 e. The molecule has 3 rings (SSSR count). The van der Waals surface area contributed by atoms with Gasteiger partial charge in [-0.1, -0.05) is 60.7 Å². The van der Waals surface area contributed by atoms with Crippen molar-refractivity contribution in [3.63, 3.8) is 0 Å². The Bertz CT molecular complexity index is 1100. The second kappa shape index (κ2) is 9.80. The van der Waals surface area contributed by atoms with E-state index in [-0.39, 0.29) is 18.1 Å². The zero-order valence-electron chi connectivity index (χ0n) is 16.1. The molecule has 0 radical (unpaired) electrons. The third-order valence-corrected chi connectivity index (χ3v) is 4.54. The van der Waals surface area contributed by atoms with Crippen molar-refractivity contribution >= 4 is 17.7 Å². The van der Waals surface area contributed by atoms with Crippen LogP contribution in [0.1, 0.15) is 22.3 Å². The summed E-state index contributed by atoms with van der Waals surface area (Å²) in [5, 5.41) is 20.2. The van der Waals surface area contributed by atoms with Crippen molar-refractivity contribution in [2.45, 2.75) is 13.1 Å². The SMILES string of the molecule is N#Cc1ccc(/C=C/C(=O)N(Cc2ccccc2)Cc2ccccc2[N+](=O)[O-])cc1. The number of carbonyl (C=O) groups is 1. The number of rotatable bonds is 7. The Morgan fingerprint density at radius 1 is 0.967 bits per heavy atom. The normalized spacial score (nSPS) is 10.5. The number of nitrogens with zero attached hydrogens (tertiary/aromatic N) is 3. The van der Waals surface area contributed by atoms with Crippen LogP contribution in [0.4, 0.5) is 5.69 Å². The van der Waals surface area contributed by atoms with Crippen LogP contribution >= 0.6 is 0 Å². The van der Waals surface area contributed by atoms with E-state index in [0.717, 1.165) is 11.1 Å². The highest BCUT2D eigenvalue weighted by molar-refractivity contribution is 5.91. The summed E-state index contributed by atoms with van der Waals surface area (Å²) in [6.45, 7) is 0.437. The van der Waals surface area contributed by atoms with Crippen LogP contribution in [-0.4, -0.2) is 15.7 Å². The van der Waals surface area contributed by atoms with Crippen LogP contribution in [0.5, 0.6) is 0 Å². The van der Waals surface area contributed by atoms with E-state index in [4.69, 9.17) is 5.26 Å². The number of hydrogen-bond donors (Lipinski definition) is 0. The Morgan fingerprint density at radius 3 is 2.30 bits per heavy atom. The second-order valence-electron chi connectivity index (χ2n) is 6.63. The summed E-state index contributed by atoms with van der Waals surface area (Å²) in [4.78, 5) is 25.4. The van der Waals surface area contributed by atoms with Gasteiger partial charge in [0.15, 0.2) is 0 Å². The molecule has 148 valence electrons. The molecule has 6 heteroatoms. The third kappa shape index (κ3) is 5.40. The van der Waals surface area contributed by atoms with E-state index in [2.05, 4.69) is 6.07 Å². The second-order valence-corrected chi connectivity index (χ2v) is 6.63. The van der Waals surface area contributed by atoms with Crippen LogP contribution in [0.15, 0.2) is 84.9 Å². The average Bonchev–Trinajstić information content (AvgIpc) is 2.78. The molecule has 0 aromatic heterocycles. The molecule has 0 aliphatic rings. The fourth-order valence-electron chi connectivity index (χ4n) is 2.99. The first-order valence-electron chi connectivity index (χ1n) is 9.30. The summed E-state index contributed by atoms with van der Waals surface area (Å²) in [7, 11) is 0. The van der Waals surface area contributed by atoms with Gasteiger partial charge in [-0.15, -0.1) is 0 Å². The minimum atomic E-state index is -0.437. The first kappa shape index (κ1) is 20.5. The Labute approximate surface area is 174 Å². The predicted octanol–water partition coefficient (Wildman–Crippen LogP) is 4.71. The summed E-state index contributed by atoms with van der Waals surface area (Å²) >= 11 is 0. The van der Waals surface area contributed by atoms with Gasteiger partial charge in [-0.25, -0.2) is 0 Å². The monoisotopic (exact) mass is 397 g/mol. The standard InChI is InChI=1S/C24H19N3O3/c25-16-20-12-10-19(11-13-20)14-15-24(28)26(17-21-6-2-1-3-7-21)18-22-8-4-5-9-23(22)27(29)30/h1-15H,17-18H2/b15-14+. The molecule has 3 aromatic rings. The summed E-state index contributed by atoms with van der Waals surface area (Å²) in [6.07, 6.45) is 3.11. The van der Waals surface area contributed by atoms with Crippen LogP contribution in [0.25, 0.3) is 6.08 Å². The fourth-order valence-corrected chi connectivity index (χ4v) is 2.99. The average molecular weight is 397 g/mol. The van der Waals surface area contributed by atoms with Crippen molar-refractivity contribution in [3.8, 4) is 6.07 Å². The van der Waals surface area contributed by atoms with Gasteiger partial charge in [0.25, 0.3) is 5.69 Å². The third-order valence-electron chi connectivity index (χ3n) is 4.54. The van der Waals surface area contributed by atoms with E-state index in [0.29, 0.717) is 17.7 Å². The molecule has 0 saturated carbocycles. The van der Waals surface area contributed by atoms with Crippen LogP contribution in [0.3, 0.4) is 0 Å². The van der Waals surface area contributed by atoms with Crippen LogP contribution < -0.4 is 0 Å². The van der Waals surface area contributed by atoms with E-state index in [1.165, 1.54) is 12.1 Å². The molecule has 0 atom stereocenters. The van der Waals surface area contributed by atoms with E-state index < -0.39 is 4.92 Å². The highest BCUT2D eigenvalue weighted by Gasteiger charge is 2.18. The number of amides is 1. The van der Waals surface area contributed by atoms with Gasteiger partial charge in [0.2, 0.25) is 5.91 Å². The van der Waals surface area contributed by atoms with Gasteiger partial charge < -0.3 is 4.90 Å². The lowest BCUT2D eigenvalue weighted by Crippen LogP contribution is -2.28. The van der Waals surface area contributed by atoms with E-state index in [1.807, 2.05) is 30.3 Å². The molecular weight excluding hydrogens is 378 g/mol. The summed E-state index contributed by atoms with van der Waals surface area (Å²) < 4.78 is 0. The van der Waals surface area contributed by atoms with Crippen molar-refractivity contribution in [1.29, 1.82) is 5.26 Å². The smallest absolute Gasteiger partial charge is 0.274 e.